The number of benzene rings is 2. The number of hydrogen-bond donors (Lipinski definition) is 1. The van der Waals surface area contributed by atoms with Crippen molar-refractivity contribution in [3.8, 4) is 0 Å². The molecule has 2 aromatic carbocycles. The molecule has 0 aliphatic carbocycles. The fourth-order valence-corrected chi connectivity index (χ4v) is 7.12. The van der Waals surface area contributed by atoms with Gasteiger partial charge in [-0.15, -0.1) is 0 Å². The lowest BCUT2D eigenvalue weighted by Gasteiger charge is -2.38. The van der Waals surface area contributed by atoms with Crippen LogP contribution in [0.25, 0.3) is 0 Å². The number of rotatable bonds is 8. The summed E-state index contributed by atoms with van der Waals surface area (Å²) in [7, 11) is 0. The van der Waals surface area contributed by atoms with Gasteiger partial charge in [-0.1, -0.05) is 91.9 Å². The van der Waals surface area contributed by atoms with Crippen molar-refractivity contribution in [1.29, 1.82) is 0 Å². The van der Waals surface area contributed by atoms with E-state index in [0.29, 0.717) is 32.6 Å². The van der Waals surface area contributed by atoms with Gasteiger partial charge in [-0.25, -0.2) is 0 Å². The summed E-state index contributed by atoms with van der Waals surface area (Å²) in [6.07, 6.45) is 8.15. The number of ether oxygens (including phenoxy) is 1. The van der Waals surface area contributed by atoms with Crippen LogP contribution in [0.4, 0.5) is 0 Å². The molecule has 4 aliphatic heterocycles. The maximum absolute atomic E-state index is 14.6. The van der Waals surface area contributed by atoms with Crippen LogP contribution >= 0.6 is 0 Å². The second-order valence-electron chi connectivity index (χ2n) is 11.4. The zero-order valence-corrected chi connectivity index (χ0v) is 23.3. The first-order valence-corrected chi connectivity index (χ1v) is 14.6. The molecule has 8 heteroatoms. The summed E-state index contributed by atoms with van der Waals surface area (Å²) in [6.45, 7) is 3.49. The lowest BCUT2D eigenvalue weighted by Crippen LogP contribution is -2.58. The van der Waals surface area contributed by atoms with Crippen LogP contribution in [-0.4, -0.2) is 87.6 Å². The third-order valence-electron chi connectivity index (χ3n) is 8.89. The summed E-state index contributed by atoms with van der Waals surface area (Å²) < 4.78 is 6.74. The van der Waals surface area contributed by atoms with Crippen molar-refractivity contribution in [3.05, 3.63) is 96.1 Å². The van der Waals surface area contributed by atoms with E-state index < -0.39 is 35.6 Å². The highest BCUT2D eigenvalue weighted by Gasteiger charge is 2.72. The van der Waals surface area contributed by atoms with Gasteiger partial charge in [0.1, 0.15) is 11.6 Å². The summed E-state index contributed by atoms with van der Waals surface area (Å²) in [4.78, 5) is 48.1. The van der Waals surface area contributed by atoms with Crippen LogP contribution in [0.1, 0.15) is 24.5 Å². The SMILES string of the molecule is CCCN1CC=C[C@@H]2O[C@]34C=CCN(Cc5ccccc5)C(=O)C3N([C@@H](CO)Cc3ccccc3)C(=O)[C@@H]4[C@@H]2C1=O. The molecular formula is C33H37N3O5. The molecule has 0 aromatic heterocycles. The summed E-state index contributed by atoms with van der Waals surface area (Å²) in [6, 6.07) is 17.7. The average molecular weight is 556 g/mol. The lowest BCUT2D eigenvalue weighted by atomic mass is 9.77. The highest BCUT2D eigenvalue weighted by molar-refractivity contribution is 6.00. The third-order valence-corrected chi connectivity index (χ3v) is 8.89. The molecule has 0 radical (unpaired) electrons. The monoisotopic (exact) mass is 555 g/mol. The average Bonchev–Trinajstić information content (AvgIpc) is 3.32. The molecule has 2 aromatic rings. The molecule has 6 rings (SSSR count). The van der Waals surface area contributed by atoms with Crippen molar-refractivity contribution >= 4 is 17.7 Å². The Morgan fingerprint density at radius 2 is 1.59 bits per heavy atom. The highest BCUT2D eigenvalue weighted by Crippen LogP contribution is 2.54. The van der Waals surface area contributed by atoms with E-state index in [0.717, 1.165) is 17.5 Å². The van der Waals surface area contributed by atoms with Gasteiger partial charge in [0, 0.05) is 26.2 Å². The van der Waals surface area contributed by atoms with E-state index in [1.165, 1.54) is 0 Å². The van der Waals surface area contributed by atoms with E-state index in [9.17, 15) is 19.5 Å². The van der Waals surface area contributed by atoms with E-state index in [1.54, 1.807) is 14.7 Å². The Bertz CT molecular complexity index is 1350. The zero-order valence-electron chi connectivity index (χ0n) is 23.3. The van der Waals surface area contributed by atoms with Gasteiger partial charge in [-0.05, 0) is 24.0 Å². The fourth-order valence-electron chi connectivity index (χ4n) is 7.12. The summed E-state index contributed by atoms with van der Waals surface area (Å²) in [5.74, 6) is -2.27. The number of aliphatic hydroxyl groups is 1. The Labute approximate surface area is 240 Å². The molecule has 4 heterocycles. The second-order valence-corrected chi connectivity index (χ2v) is 11.4. The molecule has 2 fully saturated rings. The van der Waals surface area contributed by atoms with Gasteiger partial charge in [0.15, 0.2) is 0 Å². The molecule has 0 bridgehead atoms. The van der Waals surface area contributed by atoms with Crippen LogP contribution < -0.4 is 0 Å². The molecular weight excluding hydrogens is 518 g/mol. The molecule has 0 saturated carbocycles. The lowest BCUT2D eigenvalue weighted by molar-refractivity contribution is -0.151. The number of fused-ring (bicyclic) bond motifs is 2. The summed E-state index contributed by atoms with van der Waals surface area (Å²) in [5.41, 5.74) is 0.616. The van der Waals surface area contributed by atoms with Crippen molar-refractivity contribution in [2.24, 2.45) is 11.8 Å². The first kappa shape index (κ1) is 27.4. The molecule has 1 N–H and O–H groups in total. The van der Waals surface area contributed by atoms with Gasteiger partial charge in [0.2, 0.25) is 17.7 Å². The number of hydrogen-bond acceptors (Lipinski definition) is 5. The van der Waals surface area contributed by atoms with E-state index in [1.807, 2.05) is 91.9 Å². The van der Waals surface area contributed by atoms with Gasteiger partial charge in [0.05, 0.1) is 30.6 Å². The number of carbonyl (C=O) groups excluding carboxylic acids is 3. The number of likely N-dealkylation sites (tertiary alicyclic amines) is 1. The molecule has 4 aliphatic rings. The number of nitrogens with zero attached hydrogens (tertiary/aromatic N) is 3. The van der Waals surface area contributed by atoms with Crippen LogP contribution in [0.5, 0.6) is 0 Å². The topological polar surface area (TPSA) is 90.4 Å². The Hall–Kier alpha value is -3.75. The number of aliphatic hydroxyl groups excluding tert-OH is 1. The van der Waals surface area contributed by atoms with E-state index >= 15 is 0 Å². The Morgan fingerprint density at radius 3 is 2.27 bits per heavy atom. The standard InChI is InChI=1S/C33H37N3O5/c1-2-17-34-18-9-15-26-27(30(34)38)28-31(39)36(25(22-37)20-23-11-5-3-6-12-23)29-32(40)35(19-10-16-33(28,29)41-26)21-24-13-7-4-8-14-24/h3-16,25-29,37H,2,17-22H2,1H3/t25-,26+,27-,28+,29?,33+/m1/s1. The van der Waals surface area contributed by atoms with Gasteiger partial charge in [-0.2, -0.15) is 0 Å². The van der Waals surface area contributed by atoms with Crippen LogP contribution in [0.2, 0.25) is 0 Å². The minimum Gasteiger partial charge on any atom is -0.394 e. The maximum atomic E-state index is 14.6. The minimum atomic E-state index is -1.31. The predicted octanol–water partition coefficient (Wildman–Crippen LogP) is 2.58. The molecule has 2 saturated heterocycles. The van der Waals surface area contributed by atoms with Gasteiger partial charge >= 0.3 is 0 Å². The summed E-state index contributed by atoms with van der Waals surface area (Å²) >= 11 is 0. The van der Waals surface area contributed by atoms with E-state index in [4.69, 9.17) is 4.74 Å². The Kier molecular flexibility index (Phi) is 7.53. The van der Waals surface area contributed by atoms with Crippen molar-refractivity contribution in [3.63, 3.8) is 0 Å². The van der Waals surface area contributed by atoms with Crippen molar-refractivity contribution in [2.75, 3.05) is 26.2 Å². The van der Waals surface area contributed by atoms with Crippen molar-refractivity contribution in [2.45, 2.75) is 50.1 Å². The second kappa shape index (κ2) is 11.3. The number of amides is 3. The molecule has 41 heavy (non-hydrogen) atoms. The largest absolute Gasteiger partial charge is 0.394 e. The molecule has 3 amide bonds. The van der Waals surface area contributed by atoms with Crippen LogP contribution in [0.15, 0.2) is 85.0 Å². The molecule has 1 unspecified atom stereocenters. The first-order valence-electron chi connectivity index (χ1n) is 14.6. The maximum Gasteiger partial charge on any atom is 0.249 e. The third kappa shape index (κ3) is 4.69. The van der Waals surface area contributed by atoms with Crippen LogP contribution in [0.3, 0.4) is 0 Å². The quantitative estimate of drug-likeness (QED) is 0.506. The molecule has 1 spiro atoms. The van der Waals surface area contributed by atoms with Crippen molar-refractivity contribution in [1.82, 2.24) is 14.7 Å². The smallest absolute Gasteiger partial charge is 0.249 e. The van der Waals surface area contributed by atoms with Crippen molar-refractivity contribution < 1.29 is 24.2 Å². The van der Waals surface area contributed by atoms with Gasteiger partial charge in [-0.3, -0.25) is 14.4 Å². The van der Waals surface area contributed by atoms with Crippen LogP contribution in [0, 0.1) is 11.8 Å². The highest BCUT2D eigenvalue weighted by atomic mass is 16.5. The first-order chi connectivity index (χ1) is 20.0. The summed E-state index contributed by atoms with van der Waals surface area (Å²) in [5, 5.41) is 10.7. The van der Waals surface area contributed by atoms with Gasteiger partial charge < -0.3 is 24.5 Å². The van der Waals surface area contributed by atoms with E-state index in [-0.39, 0.29) is 24.3 Å². The van der Waals surface area contributed by atoms with Gasteiger partial charge in [0.25, 0.3) is 0 Å². The molecule has 214 valence electrons. The Morgan fingerprint density at radius 1 is 0.902 bits per heavy atom. The minimum absolute atomic E-state index is 0.118. The fraction of sp³-hybridized carbons (Fsp3) is 0.424. The van der Waals surface area contributed by atoms with E-state index in [2.05, 4.69) is 0 Å². The molecule has 6 atom stereocenters. The predicted molar refractivity (Wildman–Crippen MR) is 153 cm³/mol. The number of carbonyl (C=O) groups is 3. The van der Waals surface area contributed by atoms with Crippen LogP contribution in [-0.2, 0) is 32.1 Å². The molecule has 8 nitrogen and oxygen atoms in total. The zero-order chi connectivity index (χ0) is 28.6. The Balaban J connectivity index is 1.43. The normalized spacial score (nSPS) is 29.7.